The number of nitrogens with zero attached hydrogens (tertiary/aromatic N) is 2. The van der Waals surface area contributed by atoms with Gasteiger partial charge in [0.15, 0.2) is 0 Å². The topological polar surface area (TPSA) is 76.7 Å². The molecule has 190 valence electrons. The molecule has 1 N–H and O–H groups in total. The molecule has 1 aromatic carbocycles. The van der Waals surface area contributed by atoms with E-state index >= 15 is 0 Å². The Hall–Kier alpha value is -3.48. The van der Waals surface area contributed by atoms with Crippen molar-refractivity contribution >= 4 is 11.8 Å². The van der Waals surface area contributed by atoms with Gasteiger partial charge in [0.1, 0.15) is 22.7 Å². The van der Waals surface area contributed by atoms with E-state index in [1.165, 1.54) is 6.42 Å². The van der Waals surface area contributed by atoms with Crippen molar-refractivity contribution in [1.29, 1.82) is 0 Å². The van der Waals surface area contributed by atoms with Gasteiger partial charge in [0.05, 0.1) is 32.2 Å². The van der Waals surface area contributed by atoms with Crippen LogP contribution in [0.25, 0.3) is 11.5 Å². The highest BCUT2D eigenvalue weighted by atomic mass is 16.5. The van der Waals surface area contributed by atoms with E-state index in [0.29, 0.717) is 35.6 Å². The largest absolute Gasteiger partial charge is 0.496 e. The molecule has 1 fully saturated rings. The van der Waals surface area contributed by atoms with Gasteiger partial charge in [-0.1, -0.05) is 44.9 Å². The Bertz CT molecular complexity index is 1250. The minimum atomic E-state index is -1.11. The second kappa shape index (κ2) is 9.52. The number of carbonyl (C=O) groups is 2. The Balaban J connectivity index is 1.54. The standard InChI is InChI=1S/C29H35N3O4/c1-19-9-7-11-22(20(19)2)30-28(34)29(3)18-31-23(26-13-8-16-36-26)14-15-24(31)27(33)32(29)17-21-10-5-6-12-25(21)35-4/h5-6,8,10,12-16,19-20,22H,7,9,11,17-18H2,1-4H3,(H,30,34)/t19-,20-,22+,29+/m0/s1. The number of rotatable bonds is 6. The molecule has 0 saturated heterocycles. The molecular weight excluding hydrogens is 454 g/mol. The number of amides is 2. The summed E-state index contributed by atoms with van der Waals surface area (Å²) in [5.41, 5.74) is 1.09. The molecule has 2 amide bonds. The van der Waals surface area contributed by atoms with Crippen LogP contribution < -0.4 is 10.1 Å². The third-order valence-electron chi connectivity index (χ3n) is 8.31. The first kappa shape index (κ1) is 24.2. The molecule has 0 unspecified atom stereocenters. The quantitative estimate of drug-likeness (QED) is 0.522. The van der Waals surface area contributed by atoms with Gasteiger partial charge in [-0.3, -0.25) is 9.59 Å². The lowest BCUT2D eigenvalue weighted by Gasteiger charge is -2.46. The molecule has 4 atom stereocenters. The summed E-state index contributed by atoms with van der Waals surface area (Å²) in [6.45, 7) is 6.94. The van der Waals surface area contributed by atoms with Crippen molar-refractivity contribution in [1.82, 2.24) is 14.8 Å². The Morgan fingerprint density at radius 1 is 1.11 bits per heavy atom. The van der Waals surface area contributed by atoms with Gasteiger partial charge in [0.25, 0.3) is 5.91 Å². The predicted octanol–water partition coefficient (Wildman–Crippen LogP) is 5.11. The Labute approximate surface area is 212 Å². The zero-order valence-corrected chi connectivity index (χ0v) is 21.5. The van der Waals surface area contributed by atoms with Gasteiger partial charge in [-0.05, 0) is 55.5 Å². The average Bonchev–Trinajstić information content (AvgIpc) is 3.55. The maximum atomic E-state index is 14.1. The maximum Gasteiger partial charge on any atom is 0.271 e. The zero-order valence-electron chi connectivity index (χ0n) is 21.5. The Morgan fingerprint density at radius 2 is 1.89 bits per heavy atom. The van der Waals surface area contributed by atoms with E-state index in [0.717, 1.165) is 24.1 Å². The molecule has 0 radical (unpaired) electrons. The Morgan fingerprint density at radius 3 is 2.64 bits per heavy atom. The maximum absolute atomic E-state index is 14.1. The van der Waals surface area contributed by atoms with Crippen LogP contribution in [0.5, 0.6) is 5.75 Å². The smallest absolute Gasteiger partial charge is 0.271 e. The number of carbonyl (C=O) groups excluding carboxylic acids is 2. The normalized spacial score (nSPS) is 25.9. The molecule has 0 bridgehead atoms. The molecule has 3 aromatic rings. The first-order valence-electron chi connectivity index (χ1n) is 12.8. The van der Waals surface area contributed by atoms with Crippen molar-refractivity contribution in [2.45, 2.75) is 64.7 Å². The van der Waals surface area contributed by atoms with E-state index in [2.05, 4.69) is 19.2 Å². The zero-order chi connectivity index (χ0) is 25.4. The third-order valence-corrected chi connectivity index (χ3v) is 8.31. The highest BCUT2D eigenvalue weighted by molar-refractivity contribution is 6.00. The molecule has 2 aliphatic rings. The number of furan rings is 1. The van der Waals surface area contributed by atoms with Gasteiger partial charge in [-0.25, -0.2) is 0 Å². The molecule has 1 aliphatic carbocycles. The number of nitrogens with one attached hydrogen (secondary N) is 1. The summed E-state index contributed by atoms with van der Waals surface area (Å²) in [5.74, 6) is 1.99. The number of hydrogen-bond acceptors (Lipinski definition) is 4. The lowest BCUT2D eigenvalue weighted by atomic mass is 9.77. The summed E-state index contributed by atoms with van der Waals surface area (Å²) in [6.07, 6.45) is 4.86. The van der Waals surface area contributed by atoms with Gasteiger partial charge in [0.2, 0.25) is 5.91 Å². The van der Waals surface area contributed by atoms with E-state index in [9.17, 15) is 9.59 Å². The van der Waals surface area contributed by atoms with Gasteiger partial charge in [0, 0.05) is 11.6 Å². The van der Waals surface area contributed by atoms with E-state index in [4.69, 9.17) is 9.15 Å². The second-order valence-electron chi connectivity index (χ2n) is 10.5. The van der Waals surface area contributed by atoms with Gasteiger partial charge >= 0.3 is 0 Å². The van der Waals surface area contributed by atoms with E-state index in [-0.39, 0.29) is 24.4 Å². The van der Waals surface area contributed by atoms with E-state index in [1.54, 1.807) is 18.3 Å². The number of hydrogen-bond donors (Lipinski definition) is 1. The van der Waals surface area contributed by atoms with Crippen LogP contribution in [0.2, 0.25) is 0 Å². The van der Waals surface area contributed by atoms with Crippen LogP contribution in [0.1, 0.15) is 56.1 Å². The van der Waals surface area contributed by atoms with Crippen LogP contribution in [0.3, 0.4) is 0 Å². The fourth-order valence-electron chi connectivity index (χ4n) is 5.77. The molecular formula is C29H35N3O4. The van der Waals surface area contributed by atoms with Crippen molar-refractivity contribution in [2.24, 2.45) is 11.8 Å². The molecule has 0 spiro atoms. The summed E-state index contributed by atoms with van der Waals surface area (Å²) in [7, 11) is 1.62. The number of benzene rings is 1. The summed E-state index contributed by atoms with van der Waals surface area (Å²) < 4.78 is 13.1. The molecule has 7 heteroatoms. The van der Waals surface area contributed by atoms with Gasteiger partial charge in [-0.2, -0.15) is 0 Å². The first-order chi connectivity index (χ1) is 17.3. The van der Waals surface area contributed by atoms with Crippen molar-refractivity contribution in [3.63, 3.8) is 0 Å². The fourth-order valence-corrected chi connectivity index (χ4v) is 5.77. The van der Waals surface area contributed by atoms with Crippen molar-refractivity contribution in [3.8, 4) is 17.2 Å². The molecule has 2 aromatic heterocycles. The highest BCUT2D eigenvalue weighted by Crippen LogP contribution is 2.36. The number of methoxy groups -OCH3 is 1. The van der Waals surface area contributed by atoms with Crippen LogP contribution in [0.4, 0.5) is 0 Å². The third kappa shape index (κ3) is 4.10. The predicted molar refractivity (Wildman–Crippen MR) is 138 cm³/mol. The van der Waals surface area contributed by atoms with Crippen molar-refractivity contribution in [3.05, 3.63) is 66.1 Å². The molecule has 5 rings (SSSR count). The molecule has 36 heavy (non-hydrogen) atoms. The second-order valence-corrected chi connectivity index (χ2v) is 10.5. The van der Waals surface area contributed by atoms with Crippen LogP contribution in [0, 0.1) is 11.8 Å². The number of para-hydroxylation sites is 1. The average molecular weight is 490 g/mol. The minimum Gasteiger partial charge on any atom is -0.496 e. The van der Waals surface area contributed by atoms with Crippen molar-refractivity contribution < 1.29 is 18.7 Å². The molecule has 1 saturated carbocycles. The molecule has 3 heterocycles. The highest BCUT2D eigenvalue weighted by Gasteiger charge is 2.49. The summed E-state index contributed by atoms with van der Waals surface area (Å²) in [4.78, 5) is 29.8. The van der Waals surface area contributed by atoms with E-state index in [1.807, 2.05) is 60.0 Å². The summed E-state index contributed by atoms with van der Waals surface area (Å²) in [5, 5.41) is 3.35. The van der Waals surface area contributed by atoms with Crippen LogP contribution in [-0.2, 0) is 17.9 Å². The molecule has 1 aliphatic heterocycles. The van der Waals surface area contributed by atoms with Crippen molar-refractivity contribution in [2.75, 3.05) is 7.11 Å². The lowest BCUT2D eigenvalue weighted by molar-refractivity contribution is -0.134. The monoisotopic (exact) mass is 489 g/mol. The number of aromatic nitrogens is 1. The van der Waals surface area contributed by atoms with Gasteiger partial charge in [-0.15, -0.1) is 0 Å². The van der Waals surface area contributed by atoms with Crippen LogP contribution in [-0.4, -0.2) is 40.0 Å². The molecule has 7 nitrogen and oxygen atoms in total. The van der Waals surface area contributed by atoms with Crippen LogP contribution in [0.15, 0.2) is 59.2 Å². The van der Waals surface area contributed by atoms with Crippen LogP contribution >= 0.6 is 0 Å². The number of fused-ring (bicyclic) bond motifs is 1. The fraction of sp³-hybridized carbons (Fsp3) is 0.448. The van der Waals surface area contributed by atoms with E-state index < -0.39 is 5.54 Å². The minimum absolute atomic E-state index is 0.0943. The Kier molecular flexibility index (Phi) is 6.41. The van der Waals surface area contributed by atoms with Gasteiger partial charge < -0.3 is 23.9 Å². The number of ether oxygens (including phenoxy) is 1. The summed E-state index contributed by atoms with van der Waals surface area (Å²) >= 11 is 0. The lowest BCUT2D eigenvalue weighted by Crippen LogP contribution is -2.65. The SMILES string of the molecule is COc1ccccc1CN1C(=O)c2ccc(-c3ccco3)n2C[C@]1(C)C(=O)N[C@@H]1CCC[C@H](C)[C@@H]1C. The summed E-state index contributed by atoms with van der Waals surface area (Å²) in [6, 6.07) is 15.1. The first-order valence-corrected chi connectivity index (χ1v) is 12.8.